The molecule has 1 saturated heterocycles. The van der Waals surface area contributed by atoms with Gasteiger partial charge in [-0.25, -0.2) is 0 Å². The number of hydrogen-bond acceptors (Lipinski definition) is 5. The Kier molecular flexibility index (Phi) is 4.24. The fraction of sp³-hybridized carbons (Fsp3) is 0.533. The Morgan fingerprint density at radius 3 is 2.91 bits per heavy atom. The molecule has 2 aliphatic rings. The van der Waals surface area contributed by atoms with Crippen LogP contribution < -0.4 is 0 Å². The summed E-state index contributed by atoms with van der Waals surface area (Å²) in [6.45, 7) is 0.680. The van der Waals surface area contributed by atoms with Crippen molar-refractivity contribution in [3.05, 3.63) is 33.9 Å². The van der Waals surface area contributed by atoms with Crippen molar-refractivity contribution in [1.82, 2.24) is 4.90 Å². The van der Waals surface area contributed by atoms with E-state index in [1.807, 2.05) is 16.7 Å². The maximum absolute atomic E-state index is 12.8. The number of nitrogens with zero attached hydrogens (tertiary/aromatic N) is 2. The van der Waals surface area contributed by atoms with E-state index in [2.05, 4.69) is 0 Å². The maximum Gasteiger partial charge on any atom is 0.311 e. The minimum absolute atomic E-state index is 0.166. The molecule has 0 unspecified atom stereocenters. The molecule has 6 nitrogen and oxygen atoms in total. The van der Waals surface area contributed by atoms with Gasteiger partial charge in [0, 0.05) is 35.2 Å². The van der Waals surface area contributed by atoms with Gasteiger partial charge in [-0.05, 0) is 25.0 Å². The second-order valence-corrected chi connectivity index (χ2v) is 7.07. The first kappa shape index (κ1) is 15.1. The monoisotopic (exact) mass is 322 g/mol. The van der Waals surface area contributed by atoms with Gasteiger partial charge in [-0.3, -0.25) is 14.9 Å². The highest BCUT2D eigenvalue weighted by Crippen LogP contribution is 2.36. The molecular formula is C15H18N2O4S. The zero-order valence-electron chi connectivity index (χ0n) is 12.1. The van der Waals surface area contributed by atoms with E-state index in [-0.39, 0.29) is 17.5 Å². The number of carbonyl (C=O) groups is 1. The fourth-order valence-electron chi connectivity index (χ4n) is 3.32. The molecule has 3 rings (SSSR count). The van der Waals surface area contributed by atoms with E-state index >= 15 is 0 Å². The molecule has 1 aliphatic carbocycles. The van der Waals surface area contributed by atoms with Crippen LogP contribution in [0, 0.1) is 10.1 Å². The standard InChI is InChI=1S/C15H18N2O4S/c18-13-6-5-10(9-12(13)17(20)21)15(19)16-7-8-22-14-4-2-1-3-11(14)16/h5-6,9,11,14,18H,1-4,7-8H2/t11-,14+/m1/s1. The summed E-state index contributed by atoms with van der Waals surface area (Å²) in [6.07, 6.45) is 4.47. The van der Waals surface area contributed by atoms with E-state index in [9.17, 15) is 20.0 Å². The van der Waals surface area contributed by atoms with Gasteiger partial charge in [-0.2, -0.15) is 11.8 Å². The lowest BCUT2D eigenvalue weighted by molar-refractivity contribution is -0.385. The molecule has 1 amide bonds. The molecule has 1 aromatic carbocycles. The van der Waals surface area contributed by atoms with Crippen molar-refractivity contribution in [3.63, 3.8) is 0 Å². The molecule has 1 N–H and O–H groups in total. The van der Waals surface area contributed by atoms with Gasteiger partial charge < -0.3 is 10.0 Å². The second kappa shape index (κ2) is 6.16. The number of aromatic hydroxyl groups is 1. The molecule has 0 aromatic heterocycles. The molecule has 1 heterocycles. The van der Waals surface area contributed by atoms with Gasteiger partial charge in [-0.15, -0.1) is 0 Å². The summed E-state index contributed by atoms with van der Waals surface area (Å²) >= 11 is 1.93. The lowest BCUT2D eigenvalue weighted by Crippen LogP contribution is -2.51. The predicted molar refractivity (Wildman–Crippen MR) is 84.3 cm³/mol. The quantitative estimate of drug-likeness (QED) is 0.668. The summed E-state index contributed by atoms with van der Waals surface area (Å²) in [5, 5.41) is 20.9. The number of thioether (sulfide) groups is 1. The van der Waals surface area contributed by atoms with Gasteiger partial charge in [0.05, 0.1) is 4.92 Å². The van der Waals surface area contributed by atoms with Crippen molar-refractivity contribution in [2.75, 3.05) is 12.3 Å². The number of rotatable bonds is 2. The number of fused-ring (bicyclic) bond motifs is 1. The molecule has 22 heavy (non-hydrogen) atoms. The van der Waals surface area contributed by atoms with Crippen molar-refractivity contribution < 1.29 is 14.8 Å². The van der Waals surface area contributed by atoms with Crippen LogP contribution in [0.1, 0.15) is 36.0 Å². The molecule has 0 spiro atoms. The van der Waals surface area contributed by atoms with Gasteiger partial charge in [0.2, 0.25) is 0 Å². The largest absolute Gasteiger partial charge is 0.502 e. The smallest absolute Gasteiger partial charge is 0.311 e. The Balaban J connectivity index is 1.86. The third-order valence-corrected chi connectivity index (χ3v) is 5.81. The van der Waals surface area contributed by atoms with Crippen LogP contribution in [0.2, 0.25) is 0 Å². The lowest BCUT2D eigenvalue weighted by Gasteiger charge is -2.43. The Labute approximate surface area is 132 Å². The molecule has 7 heteroatoms. The number of phenolic OH excluding ortho intramolecular Hbond substituents is 1. The highest BCUT2D eigenvalue weighted by atomic mass is 32.2. The molecule has 2 atom stereocenters. The van der Waals surface area contributed by atoms with E-state index < -0.39 is 16.4 Å². The first-order chi connectivity index (χ1) is 10.6. The lowest BCUT2D eigenvalue weighted by atomic mass is 9.92. The molecule has 1 aliphatic heterocycles. The number of nitro benzene ring substituents is 1. The van der Waals surface area contributed by atoms with E-state index in [0.29, 0.717) is 11.8 Å². The molecule has 0 bridgehead atoms. The normalized spacial score (nSPS) is 24.6. The van der Waals surface area contributed by atoms with Gasteiger partial charge in [0.15, 0.2) is 5.75 Å². The van der Waals surface area contributed by atoms with E-state index in [1.54, 1.807) is 0 Å². The SMILES string of the molecule is O=C(c1ccc(O)c([N+](=O)[O-])c1)N1CCS[C@H]2CCCC[C@H]21. The van der Waals surface area contributed by atoms with Crippen LogP contribution in [-0.4, -0.2) is 44.4 Å². The Morgan fingerprint density at radius 1 is 1.36 bits per heavy atom. The molecule has 2 fully saturated rings. The van der Waals surface area contributed by atoms with Crippen LogP contribution in [0.3, 0.4) is 0 Å². The van der Waals surface area contributed by atoms with Crippen molar-refractivity contribution in [3.8, 4) is 5.75 Å². The minimum Gasteiger partial charge on any atom is -0.502 e. The number of phenols is 1. The highest BCUT2D eigenvalue weighted by Gasteiger charge is 2.36. The predicted octanol–water partition coefficient (Wildman–Crippen LogP) is 2.80. The summed E-state index contributed by atoms with van der Waals surface area (Å²) in [5.74, 6) is 0.333. The number of nitro groups is 1. The Morgan fingerprint density at radius 2 is 2.14 bits per heavy atom. The van der Waals surface area contributed by atoms with Crippen molar-refractivity contribution >= 4 is 23.4 Å². The van der Waals surface area contributed by atoms with E-state index in [0.717, 1.165) is 25.0 Å². The average Bonchev–Trinajstić information content (AvgIpc) is 2.54. The molecule has 1 saturated carbocycles. The molecule has 1 aromatic rings. The summed E-state index contributed by atoms with van der Waals surface area (Å²) in [4.78, 5) is 24.9. The van der Waals surface area contributed by atoms with Crippen LogP contribution in [0.5, 0.6) is 5.75 Å². The van der Waals surface area contributed by atoms with Crippen molar-refractivity contribution in [1.29, 1.82) is 0 Å². The van der Waals surface area contributed by atoms with E-state index in [1.165, 1.54) is 24.6 Å². The number of benzene rings is 1. The zero-order valence-corrected chi connectivity index (χ0v) is 12.9. The third kappa shape index (κ3) is 2.77. The van der Waals surface area contributed by atoms with Gasteiger partial charge >= 0.3 is 5.69 Å². The molecule has 118 valence electrons. The van der Waals surface area contributed by atoms with E-state index in [4.69, 9.17) is 0 Å². The van der Waals surface area contributed by atoms with Crippen LogP contribution in [0.4, 0.5) is 5.69 Å². The summed E-state index contributed by atoms with van der Waals surface area (Å²) < 4.78 is 0. The molecule has 0 radical (unpaired) electrons. The van der Waals surface area contributed by atoms with Crippen LogP contribution in [0.15, 0.2) is 18.2 Å². The van der Waals surface area contributed by atoms with Crippen LogP contribution in [0.25, 0.3) is 0 Å². The topological polar surface area (TPSA) is 83.7 Å². The van der Waals surface area contributed by atoms with Gasteiger partial charge in [0.1, 0.15) is 0 Å². The molecular weight excluding hydrogens is 304 g/mol. The summed E-state index contributed by atoms with van der Waals surface area (Å²) in [7, 11) is 0. The first-order valence-corrected chi connectivity index (χ1v) is 8.53. The third-order valence-electron chi connectivity index (χ3n) is 4.41. The highest BCUT2D eigenvalue weighted by molar-refractivity contribution is 8.00. The average molecular weight is 322 g/mol. The Hall–Kier alpha value is -1.76. The van der Waals surface area contributed by atoms with Crippen molar-refractivity contribution in [2.45, 2.75) is 37.0 Å². The van der Waals surface area contributed by atoms with Gasteiger partial charge in [0.25, 0.3) is 5.91 Å². The summed E-state index contributed by atoms with van der Waals surface area (Å²) in [6, 6.07) is 4.09. The zero-order chi connectivity index (χ0) is 15.7. The Bertz CT molecular complexity index is 605. The summed E-state index contributed by atoms with van der Waals surface area (Å²) in [5.41, 5.74) is -0.141. The van der Waals surface area contributed by atoms with Crippen molar-refractivity contribution in [2.24, 2.45) is 0 Å². The van der Waals surface area contributed by atoms with Crippen LogP contribution >= 0.6 is 11.8 Å². The second-order valence-electron chi connectivity index (χ2n) is 5.72. The minimum atomic E-state index is -0.665. The van der Waals surface area contributed by atoms with Crippen LogP contribution in [-0.2, 0) is 0 Å². The number of carbonyl (C=O) groups excluding carboxylic acids is 1. The van der Waals surface area contributed by atoms with Gasteiger partial charge in [-0.1, -0.05) is 12.8 Å². The maximum atomic E-state index is 12.8. The number of amides is 1. The number of hydrogen-bond donors (Lipinski definition) is 1. The first-order valence-electron chi connectivity index (χ1n) is 7.48. The fourth-order valence-corrected chi connectivity index (χ4v) is 4.76.